The first-order chi connectivity index (χ1) is 22.4. The van der Waals surface area contributed by atoms with Crippen molar-refractivity contribution in [1.82, 2.24) is 10.6 Å². The lowest BCUT2D eigenvalue weighted by Crippen LogP contribution is -2.54. The predicted octanol–water partition coefficient (Wildman–Crippen LogP) is 4.74. The Morgan fingerprint density at radius 3 is 2.20 bits per heavy atom. The molecule has 0 saturated carbocycles. The molecule has 7 rings (SSSR count). The molecule has 0 unspecified atom stereocenters. The van der Waals surface area contributed by atoms with Gasteiger partial charge >= 0.3 is 12.1 Å². The van der Waals surface area contributed by atoms with Gasteiger partial charge in [0.1, 0.15) is 18.7 Å². The van der Waals surface area contributed by atoms with E-state index in [1.54, 1.807) is 24.3 Å². The van der Waals surface area contributed by atoms with E-state index in [1.165, 1.54) is 4.90 Å². The molecule has 0 fully saturated rings. The van der Waals surface area contributed by atoms with Crippen LogP contribution in [0.5, 0.6) is 0 Å². The molecule has 0 radical (unpaired) electrons. The van der Waals surface area contributed by atoms with Crippen LogP contribution < -0.4 is 15.5 Å². The van der Waals surface area contributed by atoms with Crippen LogP contribution in [0.15, 0.2) is 91.0 Å². The molecule has 3 N–H and O–H groups in total. The number of nitrogens with one attached hydrogen (secondary N) is 2. The third-order valence-electron chi connectivity index (χ3n) is 9.26. The molecule has 9 nitrogen and oxygen atoms in total. The molecular weight excluding hydrogens is 582 g/mol. The van der Waals surface area contributed by atoms with Crippen molar-refractivity contribution in [3.8, 4) is 11.1 Å². The van der Waals surface area contributed by atoms with Crippen LogP contribution in [0.3, 0.4) is 0 Å². The van der Waals surface area contributed by atoms with Crippen molar-refractivity contribution in [3.63, 3.8) is 0 Å². The fourth-order valence-corrected chi connectivity index (χ4v) is 7.12. The summed E-state index contributed by atoms with van der Waals surface area (Å²) in [5, 5.41) is 15.0. The number of carboxylic acid groups (broad SMARTS) is 1. The summed E-state index contributed by atoms with van der Waals surface area (Å²) in [5.74, 6) is -1.77. The molecule has 4 aromatic carbocycles. The summed E-state index contributed by atoms with van der Waals surface area (Å²) < 4.78 is 5.75. The van der Waals surface area contributed by atoms with Gasteiger partial charge in [-0.05, 0) is 57.3 Å². The van der Waals surface area contributed by atoms with E-state index in [2.05, 4.69) is 22.8 Å². The molecule has 0 spiro atoms. The summed E-state index contributed by atoms with van der Waals surface area (Å²) in [4.78, 5) is 53.7. The lowest BCUT2D eigenvalue weighted by Gasteiger charge is -2.28. The van der Waals surface area contributed by atoms with Crippen LogP contribution in [0, 0.1) is 0 Å². The second-order valence-corrected chi connectivity index (χ2v) is 12.0. The second-order valence-electron chi connectivity index (χ2n) is 12.0. The highest BCUT2D eigenvalue weighted by atomic mass is 16.5. The van der Waals surface area contributed by atoms with Gasteiger partial charge in [-0.1, -0.05) is 91.0 Å². The largest absolute Gasteiger partial charge is 0.481 e. The molecule has 1 aliphatic carbocycles. The number of carbonyl (C=O) groups is 4. The van der Waals surface area contributed by atoms with Gasteiger partial charge in [-0.3, -0.25) is 19.3 Å². The van der Waals surface area contributed by atoms with Crippen LogP contribution in [0.1, 0.15) is 45.7 Å². The van der Waals surface area contributed by atoms with Crippen LogP contribution in [0.2, 0.25) is 0 Å². The zero-order valence-corrected chi connectivity index (χ0v) is 25.1. The Morgan fingerprint density at radius 2 is 1.48 bits per heavy atom. The number of nitrogens with zero attached hydrogens (tertiary/aromatic N) is 1. The number of fused-ring (bicyclic) bond motifs is 3. The SMILES string of the molecule is O=C(O)Cc1ccccc1CNC(=O)[C@@H]1Cc2cccc3c2N1C(=O)[C@@H](NC(=O)OCC1c2ccccc2-c2ccccc21)CC3. The van der Waals surface area contributed by atoms with E-state index < -0.39 is 24.1 Å². The average Bonchev–Trinajstić information content (AvgIpc) is 3.57. The van der Waals surface area contributed by atoms with Gasteiger partial charge in [0.25, 0.3) is 0 Å². The molecule has 2 aliphatic heterocycles. The number of carbonyl (C=O) groups excluding carboxylic acids is 3. The Kier molecular flexibility index (Phi) is 7.74. The Morgan fingerprint density at radius 1 is 0.826 bits per heavy atom. The number of rotatable bonds is 8. The molecule has 0 bridgehead atoms. The van der Waals surface area contributed by atoms with Crippen molar-refractivity contribution in [2.24, 2.45) is 0 Å². The van der Waals surface area contributed by atoms with Gasteiger partial charge < -0.3 is 20.5 Å². The minimum atomic E-state index is -0.956. The number of hydrogen-bond acceptors (Lipinski definition) is 5. The molecule has 0 aromatic heterocycles. The Bertz CT molecular complexity index is 1820. The number of para-hydroxylation sites is 1. The second kappa shape index (κ2) is 12.2. The van der Waals surface area contributed by atoms with Crippen LogP contribution in [-0.2, 0) is 44.9 Å². The molecule has 3 amide bonds. The number of aliphatic carboxylic acids is 1. The quantitative estimate of drug-likeness (QED) is 0.263. The van der Waals surface area contributed by atoms with E-state index in [0.29, 0.717) is 30.4 Å². The number of alkyl carbamates (subject to hydrolysis) is 1. The first kappa shape index (κ1) is 29.3. The Hall–Kier alpha value is -5.44. The van der Waals surface area contributed by atoms with Crippen LogP contribution in [0.25, 0.3) is 11.1 Å². The van der Waals surface area contributed by atoms with Gasteiger partial charge in [-0.15, -0.1) is 0 Å². The molecule has 9 heteroatoms. The van der Waals surface area contributed by atoms with E-state index in [4.69, 9.17) is 4.74 Å². The first-order valence-corrected chi connectivity index (χ1v) is 15.5. The molecule has 3 aliphatic rings. The topological polar surface area (TPSA) is 125 Å². The third-order valence-corrected chi connectivity index (χ3v) is 9.26. The molecule has 232 valence electrons. The fourth-order valence-electron chi connectivity index (χ4n) is 7.12. The molecular formula is C37H33N3O6. The lowest BCUT2D eigenvalue weighted by molar-refractivity contribution is -0.136. The minimum Gasteiger partial charge on any atom is -0.481 e. The minimum absolute atomic E-state index is 0.109. The molecule has 0 saturated heterocycles. The van der Waals surface area contributed by atoms with Gasteiger partial charge in [-0.2, -0.15) is 0 Å². The standard InChI is InChI=1S/C37H33N3O6/c41-33(42)19-23-8-1-2-9-25(23)20-38-35(43)32-18-24-11-7-10-22-16-17-31(36(44)40(32)34(22)24)39-37(45)46-21-30-28-14-5-3-12-26(28)27-13-4-6-15-29(27)30/h1-15,30-32H,16-21H2,(H,38,43)(H,39,45)(H,41,42)/t31-,32-/m0/s1. The summed E-state index contributed by atoms with van der Waals surface area (Å²) in [6.07, 6.45) is 0.429. The zero-order valence-electron chi connectivity index (χ0n) is 25.1. The first-order valence-electron chi connectivity index (χ1n) is 15.5. The Labute approximate surface area is 266 Å². The van der Waals surface area contributed by atoms with Crippen molar-refractivity contribution in [1.29, 1.82) is 0 Å². The summed E-state index contributed by atoms with van der Waals surface area (Å²) in [6.45, 7) is 0.259. The number of aryl methyl sites for hydroxylation is 1. The van der Waals surface area contributed by atoms with Gasteiger partial charge in [0.15, 0.2) is 0 Å². The van der Waals surface area contributed by atoms with Gasteiger partial charge in [-0.25, -0.2) is 4.79 Å². The van der Waals surface area contributed by atoms with E-state index in [1.807, 2.05) is 54.6 Å². The molecule has 4 aromatic rings. The van der Waals surface area contributed by atoms with Crippen LogP contribution >= 0.6 is 0 Å². The van der Waals surface area contributed by atoms with Crippen molar-refractivity contribution in [2.45, 2.75) is 50.2 Å². The highest BCUT2D eigenvalue weighted by Gasteiger charge is 2.44. The monoisotopic (exact) mass is 615 g/mol. The Balaban J connectivity index is 1.06. The number of amides is 3. The number of carboxylic acids is 1. The predicted molar refractivity (Wildman–Crippen MR) is 171 cm³/mol. The van der Waals surface area contributed by atoms with E-state index >= 15 is 0 Å². The van der Waals surface area contributed by atoms with E-state index in [9.17, 15) is 24.3 Å². The summed E-state index contributed by atoms with van der Waals surface area (Å²) >= 11 is 0. The van der Waals surface area contributed by atoms with Crippen LogP contribution in [-0.4, -0.2) is 47.7 Å². The summed E-state index contributed by atoms with van der Waals surface area (Å²) in [7, 11) is 0. The number of hydrogen-bond donors (Lipinski definition) is 3. The smallest absolute Gasteiger partial charge is 0.407 e. The zero-order chi connectivity index (χ0) is 31.8. The maximum Gasteiger partial charge on any atom is 0.407 e. The van der Waals surface area contributed by atoms with Crippen LogP contribution in [0.4, 0.5) is 10.5 Å². The van der Waals surface area contributed by atoms with Crippen molar-refractivity contribution in [2.75, 3.05) is 11.5 Å². The van der Waals surface area contributed by atoms with Crippen molar-refractivity contribution in [3.05, 3.63) is 124 Å². The normalized spacial score (nSPS) is 17.8. The van der Waals surface area contributed by atoms with Gasteiger partial charge in [0.05, 0.1) is 12.1 Å². The highest BCUT2D eigenvalue weighted by Crippen LogP contribution is 2.44. The average molecular weight is 616 g/mol. The number of anilines is 1. The van der Waals surface area contributed by atoms with Gasteiger partial charge in [0, 0.05) is 18.9 Å². The molecule has 46 heavy (non-hydrogen) atoms. The maximum atomic E-state index is 14.1. The van der Waals surface area contributed by atoms with Crippen molar-refractivity contribution >= 4 is 29.6 Å². The molecule has 2 heterocycles. The van der Waals surface area contributed by atoms with E-state index in [-0.39, 0.29) is 37.3 Å². The number of benzene rings is 4. The molecule has 2 atom stereocenters. The summed E-state index contributed by atoms with van der Waals surface area (Å²) in [5.41, 5.74) is 8.35. The van der Waals surface area contributed by atoms with Crippen molar-refractivity contribution < 1.29 is 29.0 Å². The maximum absolute atomic E-state index is 14.1. The highest BCUT2D eigenvalue weighted by molar-refractivity contribution is 6.07. The van der Waals surface area contributed by atoms with Gasteiger partial charge in [0.2, 0.25) is 11.8 Å². The summed E-state index contributed by atoms with van der Waals surface area (Å²) in [6, 6.07) is 27.4. The number of ether oxygens (including phenoxy) is 1. The third kappa shape index (κ3) is 5.38. The fraction of sp³-hybridized carbons (Fsp3) is 0.243. The van der Waals surface area contributed by atoms with E-state index in [0.717, 1.165) is 39.1 Å². The lowest BCUT2D eigenvalue weighted by atomic mass is 9.98.